The molecule has 2 saturated heterocycles. The van der Waals surface area contributed by atoms with Crippen LogP contribution in [0.15, 0.2) is 71.8 Å². The molecule has 1 aliphatic carbocycles. The fourth-order valence-electron chi connectivity index (χ4n) is 7.22. The number of piperidine rings is 1. The number of halogens is 1. The van der Waals surface area contributed by atoms with Crippen LogP contribution in [0.3, 0.4) is 0 Å². The number of carbonyl (C=O) groups is 2. The van der Waals surface area contributed by atoms with Crippen molar-refractivity contribution in [2.45, 2.75) is 50.3 Å². The molecule has 6 rings (SSSR count). The highest BCUT2D eigenvalue weighted by atomic mass is 19.1. The average molecular weight is 590 g/mol. The van der Waals surface area contributed by atoms with Gasteiger partial charge in [-0.25, -0.2) is 19.0 Å². The van der Waals surface area contributed by atoms with Gasteiger partial charge >= 0.3 is 12.1 Å². The minimum Gasteiger partial charge on any atom is -0.465 e. The Morgan fingerprint density at radius 3 is 2.42 bits per heavy atom. The summed E-state index contributed by atoms with van der Waals surface area (Å²) in [7, 11) is 0. The zero-order chi connectivity index (χ0) is 30.2. The standard InChI is InChI=1S/C32H36FN5O5/c33-25-10-6-9-24(17-25)26-18-28(39)37(22-34-26)21-32(43)13-14-36(20-31(32)11-4-5-12-31)29(40)38-16-15-35(30(41)42)19-27(38)23-7-2-1-3-8-23/h1-3,6-10,17-18,22,27,43H,4-5,11-16,19-21H2,(H,41,42)/t27-,32+/m0/s1. The molecule has 1 spiro atoms. The first-order chi connectivity index (χ1) is 20.7. The van der Waals surface area contributed by atoms with Crippen LogP contribution in [0.5, 0.6) is 0 Å². The van der Waals surface area contributed by atoms with Crippen molar-refractivity contribution in [2.24, 2.45) is 5.41 Å². The van der Waals surface area contributed by atoms with Crippen LogP contribution in [-0.4, -0.2) is 84.9 Å². The van der Waals surface area contributed by atoms with Crippen LogP contribution in [0.4, 0.5) is 14.0 Å². The van der Waals surface area contributed by atoms with Crippen LogP contribution in [-0.2, 0) is 6.54 Å². The van der Waals surface area contributed by atoms with Gasteiger partial charge in [0.05, 0.1) is 30.2 Å². The number of carbonyl (C=O) groups excluding carboxylic acids is 1. The van der Waals surface area contributed by atoms with Crippen molar-refractivity contribution in [1.29, 1.82) is 0 Å². The van der Waals surface area contributed by atoms with Gasteiger partial charge in [-0.05, 0) is 37.0 Å². The highest BCUT2D eigenvalue weighted by molar-refractivity contribution is 5.76. The van der Waals surface area contributed by atoms with Crippen molar-refractivity contribution >= 4 is 12.1 Å². The molecule has 3 aliphatic rings. The Morgan fingerprint density at radius 2 is 1.72 bits per heavy atom. The highest BCUT2D eigenvalue weighted by Crippen LogP contribution is 2.52. The van der Waals surface area contributed by atoms with Crippen molar-refractivity contribution in [2.75, 3.05) is 32.7 Å². The van der Waals surface area contributed by atoms with Gasteiger partial charge in [-0.2, -0.15) is 0 Å². The number of nitrogens with zero attached hydrogens (tertiary/aromatic N) is 5. The molecule has 2 aromatic carbocycles. The summed E-state index contributed by atoms with van der Waals surface area (Å²) < 4.78 is 15.1. The van der Waals surface area contributed by atoms with Crippen molar-refractivity contribution in [1.82, 2.24) is 24.3 Å². The maximum Gasteiger partial charge on any atom is 0.407 e. The lowest BCUT2D eigenvalue weighted by atomic mass is 9.66. The van der Waals surface area contributed by atoms with E-state index in [1.807, 2.05) is 30.3 Å². The minimum absolute atomic E-state index is 0.0498. The first kappa shape index (κ1) is 28.9. The molecule has 226 valence electrons. The largest absolute Gasteiger partial charge is 0.465 e. The van der Waals surface area contributed by atoms with Crippen molar-refractivity contribution in [3.8, 4) is 11.3 Å². The summed E-state index contributed by atoms with van der Waals surface area (Å²) in [5.74, 6) is -0.416. The number of carboxylic acid groups (broad SMARTS) is 1. The molecule has 1 aromatic heterocycles. The minimum atomic E-state index is -1.23. The van der Waals surface area contributed by atoms with Crippen LogP contribution in [0.25, 0.3) is 11.3 Å². The lowest BCUT2D eigenvalue weighted by Crippen LogP contribution is -2.64. The number of piperazine rings is 1. The first-order valence-electron chi connectivity index (χ1n) is 14.8. The summed E-state index contributed by atoms with van der Waals surface area (Å²) in [6.45, 7) is 1.41. The van der Waals surface area contributed by atoms with Gasteiger partial charge in [-0.1, -0.05) is 55.3 Å². The molecule has 3 fully saturated rings. The molecule has 0 unspecified atom stereocenters. The monoisotopic (exact) mass is 589 g/mol. The zero-order valence-corrected chi connectivity index (χ0v) is 23.9. The van der Waals surface area contributed by atoms with E-state index in [2.05, 4.69) is 4.98 Å². The fraction of sp³-hybridized carbons (Fsp3) is 0.438. The van der Waals surface area contributed by atoms with Crippen molar-refractivity contribution < 1.29 is 24.2 Å². The molecule has 2 aliphatic heterocycles. The molecule has 10 nitrogen and oxygen atoms in total. The number of likely N-dealkylation sites (tertiary alicyclic amines) is 1. The van der Waals surface area contributed by atoms with E-state index in [1.54, 1.807) is 21.9 Å². The molecule has 0 bridgehead atoms. The summed E-state index contributed by atoms with van der Waals surface area (Å²) >= 11 is 0. The predicted octanol–water partition coefficient (Wildman–Crippen LogP) is 4.20. The number of hydrogen-bond acceptors (Lipinski definition) is 5. The summed E-state index contributed by atoms with van der Waals surface area (Å²) in [4.78, 5) is 48.3. The number of urea groups is 1. The Morgan fingerprint density at radius 1 is 0.953 bits per heavy atom. The van der Waals surface area contributed by atoms with Gasteiger partial charge in [-0.15, -0.1) is 0 Å². The smallest absolute Gasteiger partial charge is 0.407 e. The molecular weight excluding hydrogens is 553 g/mol. The third-order valence-corrected chi connectivity index (χ3v) is 9.62. The van der Waals surface area contributed by atoms with E-state index in [9.17, 15) is 29.0 Å². The average Bonchev–Trinajstić information content (AvgIpc) is 3.49. The lowest BCUT2D eigenvalue weighted by molar-refractivity contribution is -0.137. The number of rotatable bonds is 4. The molecule has 3 heterocycles. The Labute approximate surface area is 249 Å². The second-order valence-corrected chi connectivity index (χ2v) is 12.1. The van der Waals surface area contributed by atoms with Crippen LogP contribution in [0, 0.1) is 11.2 Å². The second-order valence-electron chi connectivity index (χ2n) is 12.1. The van der Waals surface area contributed by atoms with E-state index in [4.69, 9.17) is 0 Å². The number of aromatic nitrogens is 2. The molecule has 3 aromatic rings. The Hall–Kier alpha value is -4.25. The van der Waals surface area contributed by atoms with Gasteiger partial charge in [0.1, 0.15) is 5.82 Å². The summed E-state index contributed by atoms with van der Waals surface area (Å²) in [5.41, 5.74) is -0.421. The third kappa shape index (κ3) is 5.49. The van der Waals surface area contributed by atoms with E-state index < -0.39 is 29.0 Å². The maximum atomic E-state index is 14.1. The summed E-state index contributed by atoms with van der Waals surface area (Å²) in [6, 6.07) is 16.2. The number of amides is 3. The van der Waals surface area contributed by atoms with E-state index >= 15 is 0 Å². The summed E-state index contributed by atoms with van der Waals surface area (Å²) in [5, 5.41) is 21.8. The molecule has 2 N–H and O–H groups in total. The van der Waals surface area contributed by atoms with Crippen LogP contribution >= 0.6 is 0 Å². The molecule has 3 amide bonds. The van der Waals surface area contributed by atoms with Crippen LogP contribution in [0.1, 0.15) is 43.7 Å². The number of aliphatic hydroxyl groups is 1. The highest BCUT2D eigenvalue weighted by Gasteiger charge is 2.56. The van der Waals surface area contributed by atoms with Gasteiger partial charge < -0.3 is 24.9 Å². The van der Waals surface area contributed by atoms with Crippen LogP contribution in [0.2, 0.25) is 0 Å². The Kier molecular flexibility index (Phi) is 7.68. The normalized spacial score (nSPS) is 23.5. The van der Waals surface area contributed by atoms with Gasteiger partial charge in [0.2, 0.25) is 0 Å². The van der Waals surface area contributed by atoms with Gasteiger partial charge in [-0.3, -0.25) is 9.36 Å². The van der Waals surface area contributed by atoms with Gasteiger partial charge in [0.15, 0.2) is 0 Å². The quantitative estimate of drug-likeness (QED) is 0.471. The van der Waals surface area contributed by atoms with E-state index in [1.165, 1.54) is 34.0 Å². The lowest BCUT2D eigenvalue weighted by Gasteiger charge is -2.53. The molecular formula is C32H36FN5O5. The SMILES string of the molecule is O=C(O)N1CCN(C(=O)N2CC[C@@](O)(Cn3cnc(-c4cccc(F)c4)cc3=O)C3(CCCC3)C2)[C@H](c2ccccc2)C1. The van der Waals surface area contributed by atoms with Gasteiger partial charge in [0.25, 0.3) is 5.56 Å². The van der Waals surface area contributed by atoms with E-state index in [0.29, 0.717) is 30.8 Å². The topological polar surface area (TPSA) is 119 Å². The third-order valence-electron chi connectivity index (χ3n) is 9.62. The molecule has 2 atom stereocenters. The first-order valence-corrected chi connectivity index (χ1v) is 14.8. The second kappa shape index (κ2) is 11.4. The van der Waals surface area contributed by atoms with Crippen molar-refractivity contribution in [3.63, 3.8) is 0 Å². The molecule has 43 heavy (non-hydrogen) atoms. The molecule has 11 heteroatoms. The number of hydrogen-bond donors (Lipinski definition) is 2. The molecule has 0 radical (unpaired) electrons. The van der Waals surface area contributed by atoms with Crippen LogP contribution < -0.4 is 5.56 Å². The summed E-state index contributed by atoms with van der Waals surface area (Å²) in [6.07, 6.45) is 3.99. The van der Waals surface area contributed by atoms with E-state index in [-0.39, 0.29) is 37.8 Å². The predicted molar refractivity (Wildman–Crippen MR) is 157 cm³/mol. The maximum absolute atomic E-state index is 14.1. The number of benzene rings is 2. The van der Waals surface area contributed by atoms with E-state index in [0.717, 1.165) is 31.2 Å². The fourth-order valence-corrected chi connectivity index (χ4v) is 7.22. The van der Waals surface area contributed by atoms with Gasteiger partial charge in [0, 0.05) is 49.8 Å². The Balaban J connectivity index is 1.23. The Bertz CT molecular complexity index is 1560. The van der Waals surface area contributed by atoms with Crippen molar-refractivity contribution in [3.05, 3.63) is 88.7 Å². The molecule has 1 saturated carbocycles. The zero-order valence-electron chi connectivity index (χ0n) is 23.9.